The average Bonchev–Trinajstić information content (AvgIpc) is 2.26. The highest BCUT2D eigenvalue weighted by atomic mass is 16.6. The van der Waals surface area contributed by atoms with Crippen molar-refractivity contribution in [3.63, 3.8) is 0 Å². The van der Waals surface area contributed by atoms with Gasteiger partial charge in [-0.1, -0.05) is 6.07 Å². The number of benzene rings is 1. The fraction of sp³-hybridized carbons (Fsp3) is 0.333. The maximum absolute atomic E-state index is 11.6. The first-order valence-electron chi connectivity index (χ1n) is 5.80. The van der Waals surface area contributed by atoms with Crippen molar-refractivity contribution >= 4 is 12.2 Å². The lowest BCUT2D eigenvalue weighted by atomic mass is 10.3. The Bertz CT molecular complexity index is 474. The second-order valence-electron chi connectivity index (χ2n) is 5.29. The van der Waals surface area contributed by atoms with Crippen molar-refractivity contribution in [2.75, 3.05) is 28.2 Å². The van der Waals surface area contributed by atoms with E-state index in [1.807, 2.05) is 0 Å². The van der Waals surface area contributed by atoms with E-state index in [9.17, 15) is 9.59 Å². The lowest BCUT2D eigenvalue weighted by Gasteiger charge is -2.19. The molecule has 8 nitrogen and oxygen atoms in total. The molecule has 110 valence electrons. The van der Waals surface area contributed by atoms with Gasteiger partial charge >= 0.3 is 12.2 Å². The summed E-state index contributed by atoms with van der Waals surface area (Å²) in [6, 6.07) is 6.08. The van der Waals surface area contributed by atoms with Crippen molar-refractivity contribution in [2.24, 2.45) is 11.7 Å². The Hall–Kier alpha value is -2.00. The van der Waals surface area contributed by atoms with Crippen LogP contribution in [-0.4, -0.2) is 49.6 Å². The van der Waals surface area contributed by atoms with Crippen LogP contribution in [0.3, 0.4) is 0 Å². The summed E-state index contributed by atoms with van der Waals surface area (Å²) in [6.07, 6.45) is -1.30. The molecule has 8 heteroatoms. The summed E-state index contributed by atoms with van der Waals surface area (Å²) in [5.74, 6) is 11.6. The van der Waals surface area contributed by atoms with Crippen molar-refractivity contribution in [3.8, 4) is 11.5 Å². The van der Waals surface area contributed by atoms with E-state index in [0.29, 0.717) is 0 Å². The largest absolute Gasteiger partial charge is 0.540 e. The van der Waals surface area contributed by atoms with Crippen LogP contribution in [0.15, 0.2) is 24.3 Å². The van der Waals surface area contributed by atoms with Crippen LogP contribution in [-0.2, 0) is 0 Å². The molecule has 0 aliphatic carbocycles. The van der Waals surface area contributed by atoms with Crippen LogP contribution in [0.25, 0.3) is 0 Å². The zero-order chi connectivity index (χ0) is 15.6. The molecule has 0 radical (unpaired) electrons. The molecule has 0 aromatic heterocycles. The molecule has 0 unspecified atom stereocenters. The SMILES string of the molecule is C[N+](C)(N)C(=O)Oc1cccc(OC(=O)[N+](C)(C)N)c1. The van der Waals surface area contributed by atoms with E-state index in [2.05, 4.69) is 0 Å². The Labute approximate surface area is 117 Å². The molecule has 0 saturated heterocycles. The van der Waals surface area contributed by atoms with Gasteiger partial charge in [0.25, 0.3) is 0 Å². The molecule has 4 N–H and O–H groups in total. The standard InChI is InChI=1S/C12H20N4O4/c1-15(2,13)11(17)19-9-6-5-7-10(8-9)20-12(18)16(3,4)14/h5-8H,13-14H2,1-4H3/q+2. The van der Waals surface area contributed by atoms with E-state index in [1.54, 1.807) is 18.2 Å². The Balaban J connectivity index is 2.82. The Kier molecular flexibility index (Phi) is 4.46. The van der Waals surface area contributed by atoms with Gasteiger partial charge in [-0.2, -0.15) is 30.5 Å². The predicted molar refractivity (Wildman–Crippen MR) is 71.1 cm³/mol. The van der Waals surface area contributed by atoms with Crippen LogP contribution < -0.4 is 21.2 Å². The first-order chi connectivity index (χ1) is 9.00. The maximum Gasteiger partial charge on any atom is 0.540 e. The molecule has 1 rings (SSSR count). The van der Waals surface area contributed by atoms with E-state index in [0.717, 1.165) is 0 Å². The van der Waals surface area contributed by atoms with Gasteiger partial charge < -0.3 is 9.47 Å². The molecule has 1 aromatic carbocycles. The van der Waals surface area contributed by atoms with E-state index < -0.39 is 21.4 Å². The van der Waals surface area contributed by atoms with E-state index in [4.69, 9.17) is 21.2 Å². The van der Waals surface area contributed by atoms with Gasteiger partial charge in [0, 0.05) is 6.07 Å². The second-order valence-corrected chi connectivity index (χ2v) is 5.29. The maximum atomic E-state index is 11.6. The fourth-order valence-electron chi connectivity index (χ4n) is 1.04. The number of ether oxygens (including phenoxy) is 2. The van der Waals surface area contributed by atoms with Crippen LogP contribution in [0, 0.1) is 0 Å². The first kappa shape index (κ1) is 16.1. The normalized spacial score (nSPS) is 11.9. The van der Waals surface area contributed by atoms with Crippen molar-refractivity contribution in [3.05, 3.63) is 24.3 Å². The van der Waals surface area contributed by atoms with Crippen molar-refractivity contribution < 1.29 is 28.2 Å². The number of nitrogens with two attached hydrogens (primary N) is 2. The number of hydrogen-bond acceptors (Lipinski definition) is 6. The summed E-state index contributed by atoms with van der Waals surface area (Å²) in [6.45, 7) is 0. The molecule has 0 spiro atoms. The molecular weight excluding hydrogens is 264 g/mol. The topological polar surface area (TPSA) is 105 Å². The third kappa shape index (κ3) is 4.59. The number of hydrogen-bond donors (Lipinski definition) is 2. The van der Waals surface area contributed by atoms with Gasteiger partial charge in [0.2, 0.25) is 0 Å². The monoisotopic (exact) mass is 284 g/mol. The summed E-state index contributed by atoms with van der Waals surface area (Å²) < 4.78 is 9.18. The summed E-state index contributed by atoms with van der Waals surface area (Å²) >= 11 is 0. The highest BCUT2D eigenvalue weighted by molar-refractivity contribution is 5.65. The summed E-state index contributed by atoms with van der Waals surface area (Å²) in [7, 11) is 5.89. The molecule has 0 aliphatic rings. The highest BCUT2D eigenvalue weighted by Gasteiger charge is 2.27. The van der Waals surface area contributed by atoms with Gasteiger partial charge in [-0.25, -0.2) is 0 Å². The Morgan fingerprint density at radius 3 is 1.55 bits per heavy atom. The number of rotatable bonds is 2. The van der Waals surface area contributed by atoms with E-state index in [1.165, 1.54) is 34.3 Å². The number of carbonyl (C=O) groups excluding carboxylic acids is 2. The zero-order valence-corrected chi connectivity index (χ0v) is 12.0. The molecule has 0 atom stereocenters. The average molecular weight is 284 g/mol. The van der Waals surface area contributed by atoms with Gasteiger partial charge in [0.1, 0.15) is 11.5 Å². The van der Waals surface area contributed by atoms with Gasteiger partial charge in [-0.15, -0.1) is 0 Å². The molecule has 2 amide bonds. The predicted octanol–water partition coefficient (Wildman–Crippen LogP) is 0.584. The molecule has 20 heavy (non-hydrogen) atoms. The molecule has 0 aliphatic heterocycles. The number of carbonyl (C=O) groups is 2. The van der Waals surface area contributed by atoms with Crippen molar-refractivity contribution in [1.29, 1.82) is 0 Å². The smallest absolute Gasteiger partial charge is 0.379 e. The minimum atomic E-state index is -0.650. The molecule has 0 saturated carbocycles. The van der Waals surface area contributed by atoms with Crippen LogP contribution in [0.2, 0.25) is 0 Å². The molecule has 1 aromatic rings. The van der Waals surface area contributed by atoms with Gasteiger partial charge in [-0.05, 0) is 12.1 Å². The number of nitrogens with zero attached hydrogens (tertiary/aromatic N) is 2. The van der Waals surface area contributed by atoms with Crippen LogP contribution >= 0.6 is 0 Å². The zero-order valence-electron chi connectivity index (χ0n) is 12.0. The highest BCUT2D eigenvalue weighted by Crippen LogP contribution is 2.21. The summed E-state index contributed by atoms with van der Waals surface area (Å²) in [5, 5.41) is 0. The third-order valence-corrected chi connectivity index (χ3v) is 2.16. The summed E-state index contributed by atoms with van der Waals surface area (Å²) in [4.78, 5) is 23.2. The number of quaternary nitrogens is 2. The second kappa shape index (κ2) is 5.55. The van der Waals surface area contributed by atoms with Crippen molar-refractivity contribution in [2.45, 2.75) is 0 Å². The third-order valence-electron chi connectivity index (χ3n) is 2.16. The van der Waals surface area contributed by atoms with E-state index in [-0.39, 0.29) is 11.5 Å². The van der Waals surface area contributed by atoms with E-state index >= 15 is 0 Å². The van der Waals surface area contributed by atoms with Gasteiger partial charge in [0.15, 0.2) is 0 Å². The van der Waals surface area contributed by atoms with Crippen LogP contribution in [0.5, 0.6) is 11.5 Å². The minimum Gasteiger partial charge on any atom is -0.379 e. The fourth-order valence-corrected chi connectivity index (χ4v) is 1.04. The first-order valence-corrected chi connectivity index (χ1v) is 5.80. The Morgan fingerprint density at radius 1 is 0.900 bits per heavy atom. The molecule has 0 bridgehead atoms. The minimum absolute atomic E-state index is 0.222. The lowest BCUT2D eigenvalue weighted by molar-refractivity contribution is -0.827. The van der Waals surface area contributed by atoms with Crippen LogP contribution in [0.4, 0.5) is 9.59 Å². The quantitative estimate of drug-likeness (QED) is 0.356. The van der Waals surface area contributed by atoms with Crippen LogP contribution in [0.1, 0.15) is 0 Å². The van der Waals surface area contributed by atoms with Gasteiger partial charge in [0.05, 0.1) is 28.2 Å². The Morgan fingerprint density at radius 2 is 1.25 bits per heavy atom. The van der Waals surface area contributed by atoms with Crippen molar-refractivity contribution in [1.82, 2.24) is 0 Å². The molecule has 0 heterocycles. The summed E-state index contributed by atoms with van der Waals surface area (Å²) in [5.41, 5.74) is 0. The lowest BCUT2D eigenvalue weighted by Crippen LogP contribution is -2.53. The van der Waals surface area contributed by atoms with Gasteiger partial charge in [-0.3, -0.25) is 0 Å². The molecule has 0 fully saturated rings. The molecular formula is C12H20N4O4+2. The number of amides is 2.